The number of aryl methyl sites for hydroxylation is 2. The Bertz CT molecular complexity index is 637. The van der Waals surface area contributed by atoms with Crippen molar-refractivity contribution in [3.63, 3.8) is 0 Å². The topological polar surface area (TPSA) is 64.4 Å². The average molecular weight is 319 g/mol. The van der Waals surface area contributed by atoms with Gasteiger partial charge in [-0.05, 0) is 38.5 Å². The molecule has 3 rings (SSSR count). The van der Waals surface area contributed by atoms with E-state index in [4.69, 9.17) is 4.74 Å². The summed E-state index contributed by atoms with van der Waals surface area (Å²) in [6.07, 6.45) is 3.57. The summed E-state index contributed by atoms with van der Waals surface area (Å²) in [4.78, 5) is 26.9. The Balaban J connectivity index is 1.82. The van der Waals surface area contributed by atoms with E-state index in [1.807, 2.05) is 20.9 Å². The summed E-state index contributed by atoms with van der Waals surface area (Å²) in [7, 11) is 3.29. The van der Waals surface area contributed by atoms with Gasteiger partial charge in [0.05, 0.1) is 19.2 Å². The number of fused-ring (bicyclic) bond motifs is 1. The summed E-state index contributed by atoms with van der Waals surface area (Å²) < 4.78 is 6.78. The highest BCUT2D eigenvalue weighted by molar-refractivity contribution is 5.87. The molecule has 0 unspecified atom stereocenters. The van der Waals surface area contributed by atoms with Crippen molar-refractivity contribution in [2.45, 2.75) is 45.6 Å². The Labute approximate surface area is 136 Å². The van der Waals surface area contributed by atoms with Gasteiger partial charge in [-0.2, -0.15) is 5.10 Å². The van der Waals surface area contributed by atoms with Gasteiger partial charge in [0.1, 0.15) is 6.04 Å². The van der Waals surface area contributed by atoms with Crippen molar-refractivity contribution in [2.24, 2.45) is 18.9 Å². The summed E-state index contributed by atoms with van der Waals surface area (Å²) in [6, 6.07) is -0.405. The van der Waals surface area contributed by atoms with Crippen LogP contribution in [0.2, 0.25) is 0 Å². The first-order valence-electron chi connectivity index (χ1n) is 8.30. The summed E-state index contributed by atoms with van der Waals surface area (Å²) in [5.74, 6) is 0.447. The summed E-state index contributed by atoms with van der Waals surface area (Å²) in [5.41, 5.74) is 2.86. The second kappa shape index (κ2) is 5.98. The number of likely N-dealkylation sites (tertiary alicyclic amines) is 1. The molecule has 2 heterocycles. The lowest BCUT2D eigenvalue weighted by molar-refractivity contribution is -0.152. The van der Waals surface area contributed by atoms with Gasteiger partial charge in [0.15, 0.2) is 0 Å². The predicted molar refractivity (Wildman–Crippen MR) is 84.7 cm³/mol. The number of rotatable bonds is 3. The fourth-order valence-electron chi connectivity index (χ4n) is 4.31. The number of ether oxygens (including phenoxy) is 1. The highest BCUT2D eigenvalue weighted by atomic mass is 16.5. The molecular weight excluding hydrogens is 294 g/mol. The maximum atomic E-state index is 12.9. The normalized spacial score (nSPS) is 26.4. The molecule has 2 fully saturated rings. The lowest BCUT2D eigenvalue weighted by atomic mass is 9.94. The molecule has 2 aliphatic rings. The van der Waals surface area contributed by atoms with E-state index in [9.17, 15) is 9.59 Å². The number of carbonyl (C=O) groups is 2. The van der Waals surface area contributed by atoms with Gasteiger partial charge in [-0.15, -0.1) is 0 Å². The van der Waals surface area contributed by atoms with E-state index in [0.717, 1.165) is 36.2 Å². The standard InChI is InChI=1S/C17H25N3O3/c1-10-14(11(2)19(3)18-10)8-15(21)20-9-12-6-5-7-13(12)16(20)17(22)23-4/h12-13,16H,5-9H2,1-4H3/t12-,13-,16+/m1/s1. The van der Waals surface area contributed by atoms with Crippen LogP contribution in [0, 0.1) is 25.7 Å². The number of aromatic nitrogens is 2. The molecule has 0 N–H and O–H groups in total. The van der Waals surface area contributed by atoms with E-state index < -0.39 is 6.04 Å². The molecule has 1 aromatic heterocycles. The van der Waals surface area contributed by atoms with Crippen LogP contribution in [0.4, 0.5) is 0 Å². The minimum atomic E-state index is -0.405. The molecule has 1 aliphatic heterocycles. The molecule has 23 heavy (non-hydrogen) atoms. The van der Waals surface area contributed by atoms with Crippen molar-refractivity contribution < 1.29 is 14.3 Å². The maximum Gasteiger partial charge on any atom is 0.328 e. The Morgan fingerprint density at radius 1 is 1.30 bits per heavy atom. The van der Waals surface area contributed by atoms with Crippen molar-refractivity contribution >= 4 is 11.9 Å². The molecule has 126 valence electrons. The summed E-state index contributed by atoms with van der Waals surface area (Å²) >= 11 is 0. The molecule has 0 bridgehead atoms. The summed E-state index contributed by atoms with van der Waals surface area (Å²) in [5, 5.41) is 4.37. The van der Waals surface area contributed by atoms with Crippen LogP contribution in [0.3, 0.4) is 0 Å². The van der Waals surface area contributed by atoms with E-state index in [1.54, 1.807) is 9.58 Å². The van der Waals surface area contributed by atoms with Gasteiger partial charge < -0.3 is 9.64 Å². The van der Waals surface area contributed by atoms with E-state index in [-0.39, 0.29) is 17.8 Å². The fraction of sp³-hybridized carbons (Fsp3) is 0.706. The van der Waals surface area contributed by atoms with E-state index >= 15 is 0 Å². The van der Waals surface area contributed by atoms with Crippen molar-refractivity contribution in [3.8, 4) is 0 Å². The summed E-state index contributed by atoms with van der Waals surface area (Å²) in [6.45, 7) is 4.58. The third kappa shape index (κ3) is 2.64. The van der Waals surface area contributed by atoms with Crippen LogP contribution in [0.25, 0.3) is 0 Å². The van der Waals surface area contributed by atoms with Gasteiger partial charge in [0.2, 0.25) is 5.91 Å². The van der Waals surface area contributed by atoms with Crippen LogP contribution < -0.4 is 0 Å². The Morgan fingerprint density at radius 3 is 2.65 bits per heavy atom. The van der Waals surface area contributed by atoms with E-state index in [1.165, 1.54) is 7.11 Å². The first-order valence-corrected chi connectivity index (χ1v) is 8.30. The lowest BCUT2D eigenvalue weighted by Gasteiger charge is -2.25. The number of nitrogens with zero attached hydrogens (tertiary/aromatic N) is 3. The SMILES string of the molecule is COC(=O)[C@@H]1[C@@H]2CCC[C@@H]2CN1C(=O)Cc1c(C)nn(C)c1C. The highest BCUT2D eigenvalue weighted by Gasteiger charge is 2.49. The second-order valence-corrected chi connectivity index (χ2v) is 6.82. The van der Waals surface area contributed by atoms with Crippen molar-refractivity contribution in [2.75, 3.05) is 13.7 Å². The van der Waals surface area contributed by atoms with Crippen molar-refractivity contribution in [1.29, 1.82) is 0 Å². The minimum absolute atomic E-state index is 0.00833. The Hall–Kier alpha value is -1.85. The van der Waals surface area contributed by atoms with Gasteiger partial charge in [0.25, 0.3) is 0 Å². The molecule has 0 aromatic carbocycles. The molecule has 1 saturated heterocycles. The van der Waals surface area contributed by atoms with Crippen molar-refractivity contribution in [3.05, 3.63) is 17.0 Å². The third-order valence-corrected chi connectivity index (χ3v) is 5.64. The van der Waals surface area contributed by atoms with Crippen LogP contribution in [-0.2, 0) is 27.8 Å². The molecule has 1 amide bonds. The van der Waals surface area contributed by atoms with Gasteiger partial charge in [-0.1, -0.05) is 6.42 Å². The van der Waals surface area contributed by atoms with Crippen LogP contribution in [0.5, 0.6) is 0 Å². The Morgan fingerprint density at radius 2 is 2.04 bits per heavy atom. The molecule has 1 saturated carbocycles. The van der Waals surface area contributed by atoms with Gasteiger partial charge in [-0.3, -0.25) is 9.48 Å². The predicted octanol–water partition coefficient (Wildman–Crippen LogP) is 1.38. The van der Waals surface area contributed by atoms with Crippen LogP contribution in [0.1, 0.15) is 36.2 Å². The zero-order valence-corrected chi connectivity index (χ0v) is 14.3. The van der Waals surface area contributed by atoms with Gasteiger partial charge in [0, 0.05) is 24.8 Å². The molecule has 6 nitrogen and oxygen atoms in total. The molecular formula is C17H25N3O3. The first-order chi connectivity index (χ1) is 10.9. The molecule has 3 atom stereocenters. The first kappa shape index (κ1) is 16.0. The van der Waals surface area contributed by atoms with E-state index in [2.05, 4.69) is 5.10 Å². The van der Waals surface area contributed by atoms with Gasteiger partial charge in [-0.25, -0.2) is 4.79 Å². The monoisotopic (exact) mass is 319 g/mol. The smallest absolute Gasteiger partial charge is 0.328 e. The zero-order chi connectivity index (χ0) is 16.7. The zero-order valence-electron chi connectivity index (χ0n) is 14.3. The third-order valence-electron chi connectivity index (χ3n) is 5.64. The number of carbonyl (C=O) groups excluding carboxylic acids is 2. The lowest BCUT2D eigenvalue weighted by Crippen LogP contribution is -2.44. The van der Waals surface area contributed by atoms with Crippen LogP contribution in [-0.4, -0.2) is 46.3 Å². The number of hydrogen-bond acceptors (Lipinski definition) is 4. The largest absolute Gasteiger partial charge is 0.467 e. The number of amides is 1. The van der Waals surface area contributed by atoms with Gasteiger partial charge >= 0.3 is 5.97 Å². The molecule has 6 heteroatoms. The number of esters is 1. The molecule has 0 radical (unpaired) electrons. The van der Waals surface area contributed by atoms with Crippen LogP contribution >= 0.6 is 0 Å². The second-order valence-electron chi connectivity index (χ2n) is 6.82. The average Bonchev–Trinajstić information content (AvgIpc) is 3.16. The number of hydrogen-bond donors (Lipinski definition) is 0. The van der Waals surface area contributed by atoms with E-state index in [0.29, 0.717) is 18.9 Å². The molecule has 1 aliphatic carbocycles. The Kier molecular flexibility index (Phi) is 4.17. The van der Waals surface area contributed by atoms with Crippen LogP contribution in [0.15, 0.2) is 0 Å². The quantitative estimate of drug-likeness (QED) is 0.790. The molecule has 0 spiro atoms. The van der Waals surface area contributed by atoms with Crippen molar-refractivity contribution in [1.82, 2.24) is 14.7 Å². The maximum absolute atomic E-state index is 12.9. The fourth-order valence-corrected chi connectivity index (χ4v) is 4.31. The number of methoxy groups -OCH3 is 1. The minimum Gasteiger partial charge on any atom is -0.467 e. The molecule has 1 aromatic rings. The highest BCUT2D eigenvalue weighted by Crippen LogP contribution is 2.42.